The summed E-state index contributed by atoms with van der Waals surface area (Å²) in [5.41, 5.74) is 1.41. The van der Waals surface area contributed by atoms with Crippen LogP contribution in [0.25, 0.3) is 0 Å². The van der Waals surface area contributed by atoms with Gasteiger partial charge in [0.1, 0.15) is 5.82 Å². The van der Waals surface area contributed by atoms with E-state index in [4.69, 9.17) is 11.6 Å². The summed E-state index contributed by atoms with van der Waals surface area (Å²) in [6, 6.07) is 10.4. The van der Waals surface area contributed by atoms with Crippen molar-refractivity contribution in [2.45, 2.75) is 19.9 Å². The number of nitrogens with zero attached hydrogens (tertiary/aromatic N) is 2. The lowest BCUT2D eigenvalue weighted by Crippen LogP contribution is -2.38. The van der Waals surface area contributed by atoms with E-state index in [2.05, 4.69) is 20.6 Å². The summed E-state index contributed by atoms with van der Waals surface area (Å²) in [7, 11) is 0. The molecule has 0 fully saturated rings. The van der Waals surface area contributed by atoms with E-state index in [0.717, 1.165) is 12.2 Å². The van der Waals surface area contributed by atoms with Gasteiger partial charge in [-0.2, -0.15) is 0 Å². The Hall–Kier alpha value is -2.14. The molecule has 0 saturated heterocycles. The molecule has 0 spiro atoms. The predicted octanol–water partition coefficient (Wildman–Crippen LogP) is 3.17. The van der Waals surface area contributed by atoms with Gasteiger partial charge in [-0.25, -0.2) is 9.38 Å². The molecule has 0 bridgehead atoms. The van der Waals surface area contributed by atoms with Crippen molar-refractivity contribution in [1.82, 2.24) is 15.6 Å². The molecule has 0 amide bonds. The van der Waals surface area contributed by atoms with E-state index in [-0.39, 0.29) is 5.82 Å². The molecule has 0 aliphatic carbocycles. The molecular weight excluding hydrogens is 315 g/mol. The van der Waals surface area contributed by atoms with Crippen molar-refractivity contribution in [3.8, 4) is 0 Å². The Labute approximate surface area is 140 Å². The fourth-order valence-corrected chi connectivity index (χ4v) is 2.33. The monoisotopic (exact) mass is 334 g/mol. The maximum atomic E-state index is 13.7. The molecule has 1 heterocycles. The van der Waals surface area contributed by atoms with E-state index in [1.54, 1.807) is 18.3 Å². The second kappa shape index (κ2) is 9.10. The molecule has 0 unspecified atom stereocenters. The second-order valence-corrected chi connectivity index (χ2v) is 5.30. The highest BCUT2D eigenvalue weighted by Crippen LogP contribution is 2.18. The van der Waals surface area contributed by atoms with E-state index < -0.39 is 0 Å². The number of halogens is 2. The highest BCUT2D eigenvalue weighted by Gasteiger charge is 2.06. The molecule has 0 aliphatic rings. The van der Waals surface area contributed by atoms with Crippen molar-refractivity contribution in [3.05, 3.63) is 64.7 Å². The molecule has 0 atom stereocenters. The summed E-state index contributed by atoms with van der Waals surface area (Å²) in [6.07, 6.45) is 2.23. The van der Waals surface area contributed by atoms with Crippen molar-refractivity contribution in [3.63, 3.8) is 0 Å². The molecule has 0 saturated carbocycles. The minimum atomic E-state index is -0.283. The minimum Gasteiger partial charge on any atom is -0.357 e. The lowest BCUT2D eigenvalue weighted by molar-refractivity contribution is 0.607. The van der Waals surface area contributed by atoms with Gasteiger partial charge in [0.2, 0.25) is 0 Å². The largest absolute Gasteiger partial charge is 0.357 e. The first-order valence-electron chi connectivity index (χ1n) is 7.55. The van der Waals surface area contributed by atoms with Crippen LogP contribution >= 0.6 is 11.6 Å². The Bertz CT molecular complexity index is 626. The van der Waals surface area contributed by atoms with E-state index in [9.17, 15) is 4.39 Å². The second-order valence-electron chi connectivity index (χ2n) is 4.89. The molecule has 0 aliphatic heterocycles. The molecule has 6 heteroatoms. The zero-order chi connectivity index (χ0) is 16.5. The number of hydrogen-bond acceptors (Lipinski definition) is 2. The van der Waals surface area contributed by atoms with Crippen LogP contribution in [-0.4, -0.2) is 24.0 Å². The average molecular weight is 335 g/mol. The SMILES string of the molecule is CCNC(=NCc1ccccn1)NCCc1c(F)cccc1Cl. The number of aliphatic imine (C=N–C) groups is 1. The number of rotatable bonds is 6. The summed E-state index contributed by atoms with van der Waals surface area (Å²) < 4.78 is 13.7. The molecule has 2 rings (SSSR count). The summed E-state index contributed by atoms with van der Waals surface area (Å²) in [5, 5.41) is 6.78. The summed E-state index contributed by atoms with van der Waals surface area (Å²) in [6.45, 7) is 3.76. The van der Waals surface area contributed by atoms with Crippen molar-refractivity contribution in [1.29, 1.82) is 0 Å². The lowest BCUT2D eigenvalue weighted by Gasteiger charge is -2.12. The van der Waals surface area contributed by atoms with Crippen LogP contribution in [0, 0.1) is 5.82 Å². The average Bonchev–Trinajstić information content (AvgIpc) is 2.56. The highest BCUT2D eigenvalue weighted by atomic mass is 35.5. The van der Waals surface area contributed by atoms with Crippen LogP contribution in [0.4, 0.5) is 4.39 Å². The Morgan fingerprint density at radius 2 is 2.09 bits per heavy atom. The van der Waals surface area contributed by atoms with Gasteiger partial charge < -0.3 is 10.6 Å². The molecule has 122 valence electrons. The first kappa shape index (κ1) is 17.2. The Kier molecular flexibility index (Phi) is 6.81. The fourth-order valence-electron chi connectivity index (χ4n) is 2.07. The minimum absolute atomic E-state index is 0.283. The number of guanidine groups is 1. The van der Waals surface area contributed by atoms with Crippen LogP contribution < -0.4 is 10.6 Å². The van der Waals surface area contributed by atoms with E-state index >= 15 is 0 Å². The normalized spacial score (nSPS) is 11.3. The topological polar surface area (TPSA) is 49.3 Å². The van der Waals surface area contributed by atoms with Gasteiger partial charge in [0.15, 0.2) is 5.96 Å². The van der Waals surface area contributed by atoms with Gasteiger partial charge in [-0.15, -0.1) is 0 Å². The van der Waals surface area contributed by atoms with Crippen molar-refractivity contribution in [2.75, 3.05) is 13.1 Å². The standard InChI is InChI=1S/C17H20ClFN4/c1-2-20-17(23-12-13-6-3-4-10-21-13)22-11-9-14-15(18)7-5-8-16(14)19/h3-8,10H,2,9,11-12H2,1H3,(H2,20,22,23). The molecule has 1 aromatic carbocycles. The quantitative estimate of drug-likeness (QED) is 0.630. The third-order valence-electron chi connectivity index (χ3n) is 3.20. The van der Waals surface area contributed by atoms with Crippen molar-refractivity contribution >= 4 is 17.6 Å². The van der Waals surface area contributed by atoms with Gasteiger partial charge in [0, 0.05) is 29.9 Å². The first-order valence-corrected chi connectivity index (χ1v) is 7.93. The molecule has 2 N–H and O–H groups in total. The van der Waals surface area contributed by atoms with E-state index in [0.29, 0.717) is 36.1 Å². The Balaban J connectivity index is 1.92. The van der Waals surface area contributed by atoms with Gasteiger partial charge >= 0.3 is 0 Å². The molecule has 4 nitrogen and oxygen atoms in total. The number of pyridine rings is 1. The third-order valence-corrected chi connectivity index (χ3v) is 3.55. The van der Waals surface area contributed by atoms with Crippen LogP contribution in [-0.2, 0) is 13.0 Å². The van der Waals surface area contributed by atoms with Crippen molar-refractivity contribution in [2.24, 2.45) is 4.99 Å². The van der Waals surface area contributed by atoms with Crippen LogP contribution in [0.5, 0.6) is 0 Å². The highest BCUT2D eigenvalue weighted by molar-refractivity contribution is 6.31. The number of hydrogen-bond donors (Lipinski definition) is 2. The number of aromatic nitrogens is 1. The van der Waals surface area contributed by atoms with Gasteiger partial charge in [-0.3, -0.25) is 4.98 Å². The van der Waals surface area contributed by atoms with E-state index in [1.165, 1.54) is 6.07 Å². The van der Waals surface area contributed by atoms with Crippen LogP contribution in [0.3, 0.4) is 0 Å². The van der Waals surface area contributed by atoms with Crippen molar-refractivity contribution < 1.29 is 4.39 Å². The zero-order valence-corrected chi connectivity index (χ0v) is 13.8. The van der Waals surface area contributed by atoms with Gasteiger partial charge in [0.25, 0.3) is 0 Å². The van der Waals surface area contributed by atoms with Gasteiger partial charge in [0.05, 0.1) is 12.2 Å². The summed E-state index contributed by atoms with van der Waals surface area (Å²) in [4.78, 5) is 8.70. The Morgan fingerprint density at radius 3 is 2.78 bits per heavy atom. The van der Waals surface area contributed by atoms with Crippen LogP contribution in [0.2, 0.25) is 5.02 Å². The Morgan fingerprint density at radius 1 is 1.22 bits per heavy atom. The van der Waals surface area contributed by atoms with Crippen LogP contribution in [0.15, 0.2) is 47.6 Å². The summed E-state index contributed by atoms with van der Waals surface area (Å²) in [5.74, 6) is 0.389. The molecule has 1 aromatic heterocycles. The van der Waals surface area contributed by atoms with Gasteiger partial charge in [-0.05, 0) is 37.6 Å². The number of benzene rings is 1. The van der Waals surface area contributed by atoms with Gasteiger partial charge in [-0.1, -0.05) is 23.7 Å². The molecular formula is C17H20ClFN4. The lowest BCUT2D eigenvalue weighted by atomic mass is 10.1. The molecule has 0 radical (unpaired) electrons. The van der Waals surface area contributed by atoms with E-state index in [1.807, 2.05) is 25.1 Å². The maximum absolute atomic E-state index is 13.7. The van der Waals surface area contributed by atoms with Crippen LogP contribution in [0.1, 0.15) is 18.2 Å². The predicted molar refractivity (Wildman–Crippen MR) is 92.2 cm³/mol. The fraction of sp³-hybridized carbons (Fsp3) is 0.294. The molecule has 23 heavy (non-hydrogen) atoms. The zero-order valence-electron chi connectivity index (χ0n) is 13.0. The maximum Gasteiger partial charge on any atom is 0.191 e. The summed E-state index contributed by atoms with van der Waals surface area (Å²) >= 11 is 6.03. The third kappa shape index (κ3) is 5.53. The first-order chi connectivity index (χ1) is 11.2. The molecule has 2 aromatic rings. The number of nitrogens with one attached hydrogen (secondary N) is 2. The smallest absolute Gasteiger partial charge is 0.191 e.